The Hall–Kier alpha value is -1.04. The van der Waals surface area contributed by atoms with Gasteiger partial charge in [-0.1, -0.05) is 0 Å². The number of methoxy groups -OCH3 is 2. The van der Waals surface area contributed by atoms with Crippen molar-refractivity contribution in [1.82, 2.24) is 4.98 Å². The molecule has 4 heteroatoms. The molecule has 0 radical (unpaired) electrons. The molecule has 0 saturated carbocycles. The molecule has 0 amide bonds. The molecule has 1 aromatic carbocycles. The zero-order chi connectivity index (χ0) is 10.8. The molecular weight excluding hydrogens is 305 g/mol. The molecule has 0 aliphatic carbocycles. The first-order valence-corrected chi connectivity index (χ1v) is 5.49. The number of pyridine rings is 1. The standard InChI is InChI=1S/C11H10INO2/c1-14-7-3-8-9(11(4-7)15-2)5-13-6-10(8)12/h3-6H,1-2H3. The van der Waals surface area contributed by atoms with Gasteiger partial charge in [-0.25, -0.2) is 0 Å². The van der Waals surface area contributed by atoms with Crippen LogP contribution in [0.1, 0.15) is 0 Å². The number of nitrogens with zero attached hydrogens (tertiary/aromatic N) is 1. The summed E-state index contributed by atoms with van der Waals surface area (Å²) in [7, 11) is 3.29. The molecule has 15 heavy (non-hydrogen) atoms. The van der Waals surface area contributed by atoms with E-state index in [1.807, 2.05) is 18.3 Å². The summed E-state index contributed by atoms with van der Waals surface area (Å²) in [5, 5.41) is 2.10. The highest BCUT2D eigenvalue weighted by Crippen LogP contribution is 2.32. The van der Waals surface area contributed by atoms with Gasteiger partial charge in [0.2, 0.25) is 0 Å². The highest BCUT2D eigenvalue weighted by atomic mass is 127. The Morgan fingerprint density at radius 2 is 1.87 bits per heavy atom. The number of ether oxygens (including phenoxy) is 2. The lowest BCUT2D eigenvalue weighted by molar-refractivity contribution is 0.398. The van der Waals surface area contributed by atoms with Gasteiger partial charge in [0, 0.05) is 32.8 Å². The van der Waals surface area contributed by atoms with Crippen molar-refractivity contribution in [3.8, 4) is 11.5 Å². The summed E-state index contributed by atoms with van der Waals surface area (Å²) in [5.41, 5.74) is 0. The third-order valence-corrected chi connectivity index (χ3v) is 3.08. The summed E-state index contributed by atoms with van der Waals surface area (Å²) >= 11 is 2.25. The van der Waals surface area contributed by atoms with Crippen LogP contribution in [0, 0.1) is 3.57 Å². The van der Waals surface area contributed by atoms with Crippen LogP contribution >= 0.6 is 22.6 Å². The molecule has 0 aliphatic rings. The minimum atomic E-state index is 0.787. The molecule has 0 spiro atoms. The number of aromatic nitrogens is 1. The van der Waals surface area contributed by atoms with Crippen molar-refractivity contribution in [3.05, 3.63) is 28.1 Å². The molecule has 0 fully saturated rings. The van der Waals surface area contributed by atoms with Crippen LogP contribution in [0.3, 0.4) is 0 Å². The Labute approximate surface area is 102 Å². The molecular formula is C11H10INO2. The molecule has 0 saturated heterocycles. The van der Waals surface area contributed by atoms with E-state index in [9.17, 15) is 0 Å². The monoisotopic (exact) mass is 315 g/mol. The van der Waals surface area contributed by atoms with E-state index in [0.29, 0.717) is 0 Å². The molecule has 2 aromatic rings. The van der Waals surface area contributed by atoms with E-state index < -0.39 is 0 Å². The summed E-state index contributed by atoms with van der Waals surface area (Å²) in [6.07, 6.45) is 3.62. The first-order chi connectivity index (χ1) is 7.26. The average Bonchev–Trinajstić information content (AvgIpc) is 2.28. The molecule has 0 unspecified atom stereocenters. The Morgan fingerprint density at radius 1 is 1.07 bits per heavy atom. The number of fused-ring (bicyclic) bond motifs is 1. The lowest BCUT2D eigenvalue weighted by Crippen LogP contribution is -1.90. The van der Waals surface area contributed by atoms with Gasteiger partial charge < -0.3 is 9.47 Å². The van der Waals surface area contributed by atoms with Crippen LogP contribution in [0.5, 0.6) is 11.5 Å². The van der Waals surface area contributed by atoms with Gasteiger partial charge in [-0.15, -0.1) is 0 Å². The van der Waals surface area contributed by atoms with Crippen LogP contribution in [-0.4, -0.2) is 19.2 Å². The number of hydrogen-bond acceptors (Lipinski definition) is 3. The second kappa shape index (κ2) is 4.22. The SMILES string of the molecule is COc1cc(OC)c2cncc(I)c2c1. The zero-order valence-corrected chi connectivity index (χ0v) is 10.6. The van der Waals surface area contributed by atoms with Crippen LogP contribution < -0.4 is 9.47 Å². The molecule has 0 aliphatic heterocycles. The van der Waals surface area contributed by atoms with Crippen molar-refractivity contribution in [2.75, 3.05) is 14.2 Å². The molecule has 0 atom stereocenters. The second-order valence-electron chi connectivity index (χ2n) is 3.05. The normalized spacial score (nSPS) is 10.3. The maximum atomic E-state index is 5.30. The van der Waals surface area contributed by atoms with Crippen LogP contribution in [0.15, 0.2) is 24.5 Å². The van der Waals surface area contributed by atoms with Crippen molar-refractivity contribution in [2.45, 2.75) is 0 Å². The molecule has 1 heterocycles. The van der Waals surface area contributed by atoms with Crippen molar-refractivity contribution in [1.29, 1.82) is 0 Å². The molecule has 3 nitrogen and oxygen atoms in total. The van der Waals surface area contributed by atoms with Crippen LogP contribution in [0.2, 0.25) is 0 Å². The quantitative estimate of drug-likeness (QED) is 0.799. The topological polar surface area (TPSA) is 31.4 Å². The summed E-state index contributed by atoms with van der Waals surface area (Å²) in [6, 6.07) is 3.85. The molecule has 78 valence electrons. The third kappa shape index (κ3) is 1.86. The smallest absolute Gasteiger partial charge is 0.131 e. The predicted octanol–water partition coefficient (Wildman–Crippen LogP) is 2.86. The van der Waals surface area contributed by atoms with Gasteiger partial charge in [-0.05, 0) is 28.7 Å². The van der Waals surface area contributed by atoms with E-state index in [0.717, 1.165) is 25.8 Å². The van der Waals surface area contributed by atoms with Crippen LogP contribution in [-0.2, 0) is 0 Å². The van der Waals surface area contributed by atoms with E-state index >= 15 is 0 Å². The fourth-order valence-corrected chi connectivity index (χ4v) is 2.07. The molecule has 2 rings (SSSR count). The van der Waals surface area contributed by atoms with E-state index in [1.54, 1.807) is 20.4 Å². The van der Waals surface area contributed by atoms with Gasteiger partial charge in [-0.2, -0.15) is 0 Å². The summed E-state index contributed by atoms with van der Waals surface area (Å²) < 4.78 is 11.6. The Kier molecular flexibility index (Phi) is 2.95. The molecule has 0 bridgehead atoms. The highest BCUT2D eigenvalue weighted by molar-refractivity contribution is 14.1. The lowest BCUT2D eigenvalue weighted by atomic mass is 10.1. The van der Waals surface area contributed by atoms with Gasteiger partial charge in [0.25, 0.3) is 0 Å². The highest BCUT2D eigenvalue weighted by Gasteiger charge is 2.07. The van der Waals surface area contributed by atoms with E-state index in [2.05, 4.69) is 27.6 Å². The number of halogens is 1. The Bertz CT molecular complexity index is 499. The van der Waals surface area contributed by atoms with Crippen molar-refractivity contribution in [2.24, 2.45) is 0 Å². The van der Waals surface area contributed by atoms with E-state index in [4.69, 9.17) is 9.47 Å². The fourth-order valence-electron chi connectivity index (χ4n) is 1.47. The average molecular weight is 315 g/mol. The minimum Gasteiger partial charge on any atom is -0.497 e. The Morgan fingerprint density at radius 3 is 2.53 bits per heavy atom. The zero-order valence-electron chi connectivity index (χ0n) is 8.45. The van der Waals surface area contributed by atoms with Crippen molar-refractivity contribution < 1.29 is 9.47 Å². The van der Waals surface area contributed by atoms with E-state index in [-0.39, 0.29) is 0 Å². The first kappa shape index (κ1) is 10.5. The van der Waals surface area contributed by atoms with Gasteiger partial charge in [0.1, 0.15) is 11.5 Å². The van der Waals surface area contributed by atoms with Gasteiger partial charge in [0.05, 0.1) is 14.2 Å². The van der Waals surface area contributed by atoms with E-state index in [1.165, 1.54) is 0 Å². The van der Waals surface area contributed by atoms with Crippen LogP contribution in [0.4, 0.5) is 0 Å². The lowest BCUT2D eigenvalue weighted by Gasteiger charge is -2.09. The first-order valence-electron chi connectivity index (χ1n) is 4.41. The maximum Gasteiger partial charge on any atom is 0.131 e. The largest absolute Gasteiger partial charge is 0.497 e. The summed E-state index contributed by atoms with van der Waals surface area (Å²) in [6.45, 7) is 0. The van der Waals surface area contributed by atoms with Gasteiger partial charge in [-0.3, -0.25) is 4.98 Å². The fraction of sp³-hybridized carbons (Fsp3) is 0.182. The predicted molar refractivity (Wildman–Crippen MR) is 67.6 cm³/mol. The number of rotatable bonds is 2. The van der Waals surface area contributed by atoms with Gasteiger partial charge in [0.15, 0.2) is 0 Å². The third-order valence-electron chi connectivity index (χ3n) is 2.22. The number of benzene rings is 1. The molecule has 0 N–H and O–H groups in total. The minimum absolute atomic E-state index is 0.787. The Balaban J connectivity index is 2.80. The number of hydrogen-bond donors (Lipinski definition) is 0. The summed E-state index contributed by atoms with van der Waals surface area (Å²) in [4.78, 5) is 4.15. The van der Waals surface area contributed by atoms with Crippen molar-refractivity contribution >= 4 is 33.4 Å². The second-order valence-corrected chi connectivity index (χ2v) is 4.21. The van der Waals surface area contributed by atoms with Crippen LogP contribution in [0.25, 0.3) is 10.8 Å². The molecule has 1 aromatic heterocycles. The summed E-state index contributed by atoms with van der Waals surface area (Å²) in [5.74, 6) is 1.58. The van der Waals surface area contributed by atoms with Gasteiger partial charge >= 0.3 is 0 Å². The maximum absolute atomic E-state index is 5.30. The van der Waals surface area contributed by atoms with Crippen molar-refractivity contribution in [3.63, 3.8) is 0 Å².